The van der Waals surface area contributed by atoms with E-state index >= 15 is 0 Å². The van der Waals surface area contributed by atoms with Gasteiger partial charge in [0.2, 0.25) is 0 Å². The quantitative estimate of drug-likeness (QED) is 0.918. The first-order valence-electron chi connectivity index (χ1n) is 6.65. The minimum Gasteiger partial charge on any atom is -0.480 e. The van der Waals surface area contributed by atoms with Crippen LogP contribution >= 0.6 is 0 Å². The third-order valence-corrected chi connectivity index (χ3v) is 3.82. The first kappa shape index (κ1) is 12.9. The van der Waals surface area contributed by atoms with Gasteiger partial charge in [-0.05, 0) is 5.56 Å². The molecule has 1 saturated heterocycles. The molecule has 3 rings (SSSR count). The number of aromatic nitrogens is 2. The van der Waals surface area contributed by atoms with Crippen molar-refractivity contribution in [1.29, 1.82) is 0 Å². The summed E-state index contributed by atoms with van der Waals surface area (Å²) in [6, 6.07) is 9.64. The van der Waals surface area contributed by atoms with E-state index in [1.54, 1.807) is 24.1 Å². The molecule has 1 unspecified atom stereocenters. The van der Waals surface area contributed by atoms with Crippen LogP contribution in [0, 0.1) is 0 Å². The molecule has 1 aromatic heterocycles. The lowest BCUT2D eigenvalue weighted by Gasteiger charge is -2.42. The van der Waals surface area contributed by atoms with Crippen LogP contribution in [0.3, 0.4) is 0 Å². The van der Waals surface area contributed by atoms with E-state index < -0.39 is 12.0 Å². The van der Waals surface area contributed by atoms with E-state index in [4.69, 9.17) is 0 Å². The lowest BCUT2D eigenvalue weighted by atomic mass is 9.89. The van der Waals surface area contributed by atoms with Crippen molar-refractivity contribution in [1.82, 2.24) is 14.7 Å². The average Bonchev–Trinajstić information content (AvgIpc) is 2.80. The standard InChI is InChI=1S/C15H17N3O2/c1-17-8-12(7-16-17)14(15(19)20)18-9-13(10-18)11-5-3-2-4-6-11/h2-8,13-14H,9-10H2,1H3,(H,19,20). The second-order valence-electron chi connectivity index (χ2n) is 5.25. The molecule has 1 aromatic carbocycles. The predicted octanol–water partition coefficient (Wildman–Crippen LogP) is 1.65. The van der Waals surface area contributed by atoms with E-state index in [1.807, 2.05) is 23.1 Å². The van der Waals surface area contributed by atoms with Gasteiger partial charge in [0.05, 0.1) is 6.20 Å². The fourth-order valence-electron chi connectivity index (χ4n) is 2.75. The van der Waals surface area contributed by atoms with Crippen LogP contribution in [0.1, 0.15) is 23.1 Å². The van der Waals surface area contributed by atoms with E-state index in [-0.39, 0.29) is 0 Å². The zero-order valence-electron chi connectivity index (χ0n) is 11.3. The maximum absolute atomic E-state index is 11.5. The number of rotatable bonds is 4. The van der Waals surface area contributed by atoms with Crippen molar-refractivity contribution in [3.05, 3.63) is 53.9 Å². The molecule has 20 heavy (non-hydrogen) atoms. The van der Waals surface area contributed by atoms with Crippen LogP contribution in [0.4, 0.5) is 0 Å². The summed E-state index contributed by atoms with van der Waals surface area (Å²) < 4.78 is 1.64. The van der Waals surface area contributed by atoms with Gasteiger partial charge in [0.25, 0.3) is 0 Å². The highest BCUT2D eigenvalue weighted by Crippen LogP contribution is 2.34. The van der Waals surface area contributed by atoms with Gasteiger partial charge in [0.1, 0.15) is 6.04 Å². The van der Waals surface area contributed by atoms with E-state index in [9.17, 15) is 9.90 Å². The Morgan fingerprint density at radius 2 is 2.05 bits per heavy atom. The van der Waals surface area contributed by atoms with Gasteiger partial charge in [0.15, 0.2) is 0 Å². The molecule has 0 saturated carbocycles. The number of aliphatic carboxylic acids is 1. The normalized spacial score (nSPS) is 17.6. The molecule has 2 aromatic rings. The summed E-state index contributed by atoms with van der Waals surface area (Å²) in [4.78, 5) is 13.5. The average molecular weight is 271 g/mol. The SMILES string of the molecule is Cn1cc(C(C(=O)O)N2CC(c3ccccc3)C2)cn1. The minimum absolute atomic E-state index is 0.426. The van der Waals surface area contributed by atoms with Gasteiger partial charge in [-0.15, -0.1) is 0 Å². The van der Waals surface area contributed by atoms with Crippen LogP contribution in [-0.4, -0.2) is 38.8 Å². The van der Waals surface area contributed by atoms with Crippen LogP contribution in [0.2, 0.25) is 0 Å². The summed E-state index contributed by atoms with van der Waals surface area (Å²) in [5.74, 6) is -0.390. The molecule has 0 amide bonds. The Labute approximate surface area is 117 Å². The predicted molar refractivity (Wildman–Crippen MR) is 74.3 cm³/mol. The summed E-state index contributed by atoms with van der Waals surface area (Å²) in [5.41, 5.74) is 2.02. The lowest BCUT2D eigenvalue weighted by molar-refractivity contribution is -0.145. The van der Waals surface area contributed by atoms with Crippen molar-refractivity contribution in [2.45, 2.75) is 12.0 Å². The zero-order chi connectivity index (χ0) is 14.1. The van der Waals surface area contributed by atoms with Crippen LogP contribution in [-0.2, 0) is 11.8 Å². The molecule has 1 N–H and O–H groups in total. The molecule has 1 fully saturated rings. The number of carboxylic acids is 1. The smallest absolute Gasteiger partial charge is 0.325 e. The van der Waals surface area contributed by atoms with Gasteiger partial charge < -0.3 is 5.11 Å². The molecule has 0 bridgehead atoms. The molecular formula is C15H17N3O2. The molecule has 1 aliphatic heterocycles. The van der Waals surface area contributed by atoms with Crippen LogP contribution in [0.25, 0.3) is 0 Å². The van der Waals surface area contributed by atoms with Crippen molar-refractivity contribution in [3.63, 3.8) is 0 Å². The van der Waals surface area contributed by atoms with Crippen molar-refractivity contribution in [3.8, 4) is 0 Å². The Morgan fingerprint density at radius 3 is 2.60 bits per heavy atom. The molecule has 104 valence electrons. The third-order valence-electron chi connectivity index (χ3n) is 3.82. The summed E-state index contributed by atoms with van der Waals surface area (Å²) in [6.07, 6.45) is 3.41. The first-order valence-corrected chi connectivity index (χ1v) is 6.65. The number of carboxylic acid groups (broad SMARTS) is 1. The molecule has 0 spiro atoms. The fourth-order valence-corrected chi connectivity index (χ4v) is 2.75. The number of aryl methyl sites for hydroxylation is 1. The van der Waals surface area contributed by atoms with E-state index in [0.717, 1.165) is 18.7 Å². The maximum Gasteiger partial charge on any atom is 0.325 e. The molecule has 1 atom stereocenters. The van der Waals surface area contributed by atoms with Crippen LogP contribution in [0.15, 0.2) is 42.7 Å². The van der Waals surface area contributed by atoms with Crippen molar-refractivity contribution >= 4 is 5.97 Å². The molecule has 0 radical (unpaired) electrons. The molecule has 5 heteroatoms. The van der Waals surface area contributed by atoms with Gasteiger partial charge in [0, 0.05) is 37.8 Å². The number of hydrogen-bond acceptors (Lipinski definition) is 3. The Balaban J connectivity index is 1.72. The van der Waals surface area contributed by atoms with Gasteiger partial charge in [-0.2, -0.15) is 5.10 Å². The number of carbonyl (C=O) groups is 1. The fraction of sp³-hybridized carbons (Fsp3) is 0.333. The molecule has 1 aliphatic rings. The Morgan fingerprint density at radius 1 is 1.35 bits per heavy atom. The van der Waals surface area contributed by atoms with Crippen molar-refractivity contribution in [2.24, 2.45) is 7.05 Å². The van der Waals surface area contributed by atoms with Crippen molar-refractivity contribution < 1.29 is 9.90 Å². The molecule has 5 nitrogen and oxygen atoms in total. The van der Waals surface area contributed by atoms with Crippen LogP contribution < -0.4 is 0 Å². The summed E-state index contributed by atoms with van der Waals surface area (Å²) >= 11 is 0. The second-order valence-corrected chi connectivity index (χ2v) is 5.25. The van der Waals surface area contributed by atoms with Gasteiger partial charge in [-0.25, -0.2) is 0 Å². The maximum atomic E-state index is 11.5. The highest BCUT2D eigenvalue weighted by molar-refractivity contribution is 5.75. The topological polar surface area (TPSA) is 58.4 Å². The zero-order valence-corrected chi connectivity index (χ0v) is 11.3. The van der Waals surface area contributed by atoms with Gasteiger partial charge in [-0.1, -0.05) is 30.3 Å². The molecule has 2 heterocycles. The lowest BCUT2D eigenvalue weighted by Crippen LogP contribution is -2.49. The second kappa shape index (κ2) is 5.09. The van der Waals surface area contributed by atoms with E-state index in [0.29, 0.717) is 5.92 Å². The van der Waals surface area contributed by atoms with Gasteiger partial charge >= 0.3 is 5.97 Å². The monoisotopic (exact) mass is 271 g/mol. The minimum atomic E-state index is -0.815. The van der Waals surface area contributed by atoms with Gasteiger partial charge in [-0.3, -0.25) is 14.4 Å². The largest absolute Gasteiger partial charge is 0.480 e. The highest BCUT2D eigenvalue weighted by Gasteiger charge is 2.38. The Bertz CT molecular complexity index is 603. The number of benzene rings is 1. The summed E-state index contributed by atoms with van der Waals surface area (Å²) in [5, 5.41) is 13.5. The summed E-state index contributed by atoms with van der Waals surface area (Å²) in [7, 11) is 1.80. The first-order chi connectivity index (χ1) is 9.65. The van der Waals surface area contributed by atoms with Crippen LogP contribution in [0.5, 0.6) is 0 Å². The molecular weight excluding hydrogens is 254 g/mol. The third kappa shape index (κ3) is 2.32. The van der Waals surface area contributed by atoms with E-state index in [1.165, 1.54) is 5.56 Å². The number of nitrogens with zero attached hydrogens (tertiary/aromatic N) is 3. The number of hydrogen-bond donors (Lipinski definition) is 1. The Kier molecular flexibility index (Phi) is 3.28. The molecule has 0 aliphatic carbocycles. The number of likely N-dealkylation sites (tertiary alicyclic amines) is 1. The summed E-state index contributed by atoms with van der Waals surface area (Å²) in [6.45, 7) is 1.55. The highest BCUT2D eigenvalue weighted by atomic mass is 16.4. The van der Waals surface area contributed by atoms with Crippen molar-refractivity contribution in [2.75, 3.05) is 13.1 Å². The van der Waals surface area contributed by atoms with E-state index in [2.05, 4.69) is 17.2 Å². The Hall–Kier alpha value is -2.14.